The SMILES string of the molecule is O=C(O)c1cc(OCCC2CCCCC2)ccc1O. The smallest absolute Gasteiger partial charge is 0.339 e. The average Bonchev–Trinajstić information content (AvgIpc) is 2.41. The van der Waals surface area contributed by atoms with Crippen molar-refractivity contribution in [3.8, 4) is 11.5 Å². The molecule has 0 saturated heterocycles. The van der Waals surface area contributed by atoms with Gasteiger partial charge in [-0.2, -0.15) is 0 Å². The van der Waals surface area contributed by atoms with Crippen LogP contribution in [0.3, 0.4) is 0 Å². The molecule has 1 aliphatic carbocycles. The van der Waals surface area contributed by atoms with Gasteiger partial charge in [0.05, 0.1) is 6.61 Å². The highest BCUT2D eigenvalue weighted by atomic mass is 16.5. The number of hydrogen-bond donors (Lipinski definition) is 2. The number of hydrogen-bond acceptors (Lipinski definition) is 3. The highest BCUT2D eigenvalue weighted by molar-refractivity contribution is 5.91. The Morgan fingerprint density at radius 3 is 2.68 bits per heavy atom. The van der Waals surface area contributed by atoms with E-state index in [1.165, 1.54) is 44.2 Å². The second kappa shape index (κ2) is 6.45. The topological polar surface area (TPSA) is 66.8 Å². The highest BCUT2D eigenvalue weighted by Crippen LogP contribution is 2.27. The summed E-state index contributed by atoms with van der Waals surface area (Å²) in [6.07, 6.45) is 7.54. The van der Waals surface area contributed by atoms with Crippen LogP contribution in [0.25, 0.3) is 0 Å². The van der Waals surface area contributed by atoms with Gasteiger partial charge in [0.15, 0.2) is 0 Å². The molecule has 0 radical (unpaired) electrons. The van der Waals surface area contributed by atoms with Crippen molar-refractivity contribution in [3.63, 3.8) is 0 Å². The first-order chi connectivity index (χ1) is 9.16. The van der Waals surface area contributed by atoms with Crippen LogP contribution in [0.1, 0.15) is 48.9 Å². The molecule has 104 valence electrons. The number of rotatable bonds is 5. The number of carboxylic acids is 1. The summed E-state index contributed by atoms with van der Waals surface area (Å²) in [4.78, 5) is 10.9. The summed E-state index contributed by atoms with van der Waals surface area (Å²) in [6, 6.07) is 4.33. The van der Waals surface area contributed by atoms with Crippen LogP contribution in [0.2, 0.25) is 0 Å². The van der Waals surface area contributed by atoms with Crippen molar-refractivity contribution in [2.24, 2.45) is 5.92 Å². The molecule has 19 heavy (non-hydrogen) atoms. The van der Waals surface area contributed by atoms with Gasteiger partial charge in [0.1, 0.15) is 17.1 Å². The Labute approximate surface area is 113 Å². The molecule has 2 rings (SSSR count). The molecule has 0 heterocycles. The molecule has 0 bridgehead atoms. The summed E-state index contributed by atoms with van der Waals surface area (Å²) >= 11 is 0. The van der Waals surface area contributed by atoms with Gasteiger partial charge in [0.2, 0.25) is 0 Å². The molecule has 0 aromatic heterocycles. The van der Waals surface area contributed by atoms with Gasteiger partial charge in [0.25, 0.3) is 0 Å². The van der Waals surface area contributed by atoms with Crippen molar-refractivity contribution in [3.05, 3.63) is 23.8 Å². The molecular formula is C15H20O4. The molecule has 0 unspecified atom stereocenters. The van der Waals surface area contributed by atoms with Crippen molar-refractivity contribution in [2.75, 3.05) is 6.61 Å². The summed E-state index contributed by atoms with van der Waals surface area (Å²) < 4.78 is 5.58. The lowest BCUT2D eigenvalue weighted by molar-refractivity contribution is 0.0693. The zero-order chi connectivity index (χ0) is 13.7. The van der Waals surface area contributed by atoms with E-state index in [9.17, 15) is 9.90 Å². The first-order valence-electron chi connectivity index (χ1n) is 6.86. The van der Waals surface area contributed by atoms with Crippen LogP contribution in [0.4, 0.5) is 0 Å². The fourth-order valence-corrected chi connectivity index (χ4v) is 2.60. The Morgan fingerprint density at radius 1 is 1.26 bits per heavy atom. The Bertz CT molecular complexity index is 436. The van der Waals surface area contributed by atoms with Gasteiger partial charge in [0, 0.05) is 0 Å². The first kappa shape index (κ1) is 13.7. The number of aromatic hydroxyl groups is 1. The Morgan fingerprint density at radius 2 is 2.00 bits per heavy atom. The third kappa shape index (κ3) is 3.88. The minimum Gasteiger partial charge on any atom is -0.507 e. The fourth-order valence-electron chi connectivity index (χ4n) is 2.60. The van der Waals surface area contributed by atoms with E-state index in [0.717, 1.165) is 12.3 Å². The van der Waals surface area contributed by atoms with Crippen molar-refractivity contribution >= 4 is 5.97 Å². The van der Waals surface area contributed by atoms with Crippen LogP contribution in [0.15, 0.2) is 18.2 Å². The van der Waals surface area contributed by atoms with Gasteiger partial charge in [-0.1, -0.05) is 32.1 Å². The van der Waals surface area contributed by atoms with Crippen molar-refractivity contribution in [1.82, 2.24) is 0 Å². The van der Waals surface area contributed by atoms with E-state index in [2.05, 4.69) is 0 Å². The van der Waals surface area contributed by atoms with Gasteiger partial charge in [-0.05, 0) is 30.5 Å². The molecule has 0 atom stereocenters. The van der Waals surface area contributed by atoms with E-state index < -0.39 is 5.97 Å². The predicted molar refractivity (Wildman–Crippen MR) is 71.8 cm³/mol. The quantitative estimate of drug-likeness (QED) is 0.855. The van der Waals surface area contributed by atoms with E-state index in [-0.39, 0.29) is 11.3 Å². The maximum absolute atomic E-state index is 10.9. The zero-order valence-corrected chi connectivity index (χ0v) is 11.0. The summed E-state index contributed by atoms with van der Waals surface area (Å²) in [5.74, 6) is -0.127. The standard InChI is InChI=1S/C15H20O4/c16-14-7-6-12(10-13(14)15(17)18)19-9-8-11-4-2-1-3-5-11/h6-7,10-11,16H,1-5,8-9H2,(H,17,18). The molecule has 2 N–H and O–H groups in total. The van der Waals surface area contributed by atoms with Crippen LogP contribution in [-0.4, -0.2) is 22.8 Å². The minimum atomic E-state index is -1.14. The number of benzene rings is 1. The second-order valence-corrected chi connectivity index (χ2v) is 5.13. The lowest BCUT2D eigenvalue weighted by Crippen LogP contribution is -2.11. The zero-order valence-electron chi connectivity index (χ0n) is 11.0. The summed E-state index contributed by atoms with van der Waals surface area (Å²) in [5, 5.41) is 18.3. The first-order valence-corrected chi connectivity index (χ1v) is 6.86. The number of carbonyl (C=O) groups is 1. The predicted octanol–water partition coefficient (Wildman–Crippen LogP) is 3.44. The van der Waals surface area contributed by atoms with E-state index in [0.29, 0.717) is 12.4 Å². The molecule has 1 aromatic carbocycles. The van der Waals surface area contributed by atoms with Crippen LogP contribution in [-0.2, 0) is 0 Å². The van der Waals surface area contributed by atoms with E-state index >= 15 is 0 Å². The molecule has 0 spiro atoms. The molecule has 1 aromatic rings. The monoisotopic (exact) mass is 264 g/mol. The molecule has 0 aliphatic heterocycles. The van der Waals surface area contributed by atoms with Crippen LogP contribution < -0.4 is 4.74 Å². The van der Waals surface area contributed by atoms with Crippen LogP contribution >= 0.6 is 0 Å². The van der Waals surface area contributed by atoms with Gasteiger partial charge in [-0.15, -0.1) is 0 Å². The van der Waals surface area contributed by atoms with Crippen molar-refractivity contribution in [1.29, 1.82) is 0 Å². The molecule has 4 nitrogen and oxygen atoms in total. The van der Waals surface area contributed by atoms with Crippen LogP contribution in [0.5, 0.6) is 11.5 Å². The lowest BCUT2D eigenvalue weighted by atomic mass is 9.87. The molecule has 4 heteroatoms. The van der Waals surface area contributed by atoms with Gasteiger partial charge in [-0.3, -0.25) is 0 Å². The summed E-state index contributed by atoms with van der Waals surface area (Å²) in [7, 11) is 0. The summed E-state index contributed by atoms with van der Waals surface area (Å²) in [5.41, 5.74) is -0.116. The number of carboxylic acid groups (broad SMARTS) is 1. The Hall–Kier alpha value is -1.71. The van der Waals surface area contributed by atoms with Crippen molar-refractivity contribution < 1.29 is 19.7 Å². The van der Waals surface area contributed by atoms with Gasteiger partial charge in [-0.25, -0.2) is 4.79 Å². The van der Waals surface area contributed by atoms with Gasteiger partial charge < -0.3 is 14.9 Å². The Kier molecular flexibility index (Phi) is 4.66. The number of aromatic carboxylic acids is 1. The van der Waals surface area contributed by atoms with E-state index in [4.69, 9.17) is 9.84 Å². The lowest BCUT2D eigenvalue weighted by Gasteiger charge is -2.21. The van der Waals surface area contributed by atoms with E-state index in [1.54, 1.807) is 6.07 Å². The molecule has 1 fully saturated rings. The molecule has 1 aliphatic rings. The van der Waals surface area contributed by atoms with Crippen LogP contribution in [0, 0.1) is 5.92 Å². The van der Waals surface area contributed by atoms with Gasteiger partial charge >= 0.3 is 5.97 Å². The fraction of sp³-hybridized carbons (Fsp3) is 0.533. The third-order valence-corrected chi connectivity index (χ3v) is 3.72. The van der Waals surface area contributed by atoms with Crippen molar-refractivity contribution in [2.45, 2.75) is 38.5 Å². The molecular weight excluding hydrogens is 244 g/mol. The Balaban J connectivity index is 1.85. The third-order valence-electron chi connectivity index (χ3n) is 3.72. The number of phenols is 1. The maximum Gasteiger partial charge on any atom is 0.339 e. The maximum atomic E-state index is 10.9. The number of ether oxygens (including phenoxy) is 1. The second-order valence-electron chi connectivity index (χ2n) is 5.13. The normalized spacial score (nSPS) is 16.2. The molecule has 1 saturated carbocycles. The molecule has 0 amide bonds. The largest absolute Gasteiger partial charge is 0.507 e. The highest BCUT2D eigenvalue weighted by Gasteiger charge is 2.14. The minimum absolute atomic E-state index is 0.116. The average molecular weight is 264 g/mol. The summed E-state index contributed by atoms with van der Waals surface area (Å²) in [6.45, 7) is 0.606. The van der Waals surface area contributed by atoms with E-state index in [1.807, 2.05) is 0 Å².